The third-order valence-electron chi connectivity index (χ3n) is 2.60. The second-order valence-electron chi connectivity index (χ2n) is 4.11. The van der Waals surface area contributed by atoms with Crippen LogP contribution in [0.5, 0.6) is 5.75 Å². The molecule has 0 saturated carbocycles. The summed E-state index contributed by atoms with van der Waals surface area (Å²) in [5.74, 6) is 0.260. The maximum atomic E-state index is 11.0. The molecule has 0 radical (unpaired) electrons. The van der Waals surface area contributed by atoms with Gasteiger partial charge in [-0.2, -0.15) is 0 Å². The van der Waals surface area contributed by atoms with Crippen molar-refractivity contribution in [3.8, 4) is 5.75 Å². The lowest BCUT2D eigenvalue weighted by Gasteiger charge is -2.09. The molecular formula is C14H20ClNO4. The van der Waals surface area contributed by atoms with Gasteiger partial charge >= 0.3 is 5.97 Å². The van der Waals surface area contributed by atoms with E-state index in [0.29, 0.717) is 23.9 Å². The second-order valence-corrected chi connectivity index (χ2v) is 4.52. The maximum Gasteiger partial charge on any atom is 0.308 e. The predicted octanol–water partition coefficient (Wildman–Crippen LogP) is 2.02. The van der Waals surface area contributed by atoms with E-state index in [9.17, 15) is 4.79 Å². The van der Waals surface area contributed by atoms with Crippen LogP contribution in [-0.2, 0) is 20.8 Å². The molecule has 0 aliphatic heterocycles. The summed E-state index contributed by atoms with van der Waals surface area (Å²) < 4.78 is 14.9. The molecular weight excluding hydrogens is 282 g/mol. The molecule has 6 heteroatoms. The minimum Gasteiger partial charge on any atom is -0.491 e. The van der Waals surface area contributed by atoms with Crippen molar-refractivity contribution in [2.75, 3.05) is 34.0 Å². The van der Waals surface area contributed by atoms with Crippen molar-refractivity contribution in [1.29, 1.82) is 0 Å². The Morgan fingerprint density at radius 3 is 2.75 bits per heavy atom. The molecule has 0 fully saturated rings. The van der Waals surface area contributed by atoms with Crippen LogP contribution >= 0.6 is 11.6 Å². The Kier molecular flexibility index (Phi) is 8.02. The number of carbonyl (C=O) groups is 1. The molecule has 0 saturated heterocycles. The van der Waals surface area contributed by atoms with Gasteiger partial charge in [0.05, 0.1) is 31.8 Å². The average molecular weight is 302 g/mol. The highest BCUT2D eigenvalue weighted by Crippen LogP contribution is 2.25. The van der Waals surface area contributed by atoms with Gasteiger partial charge in [-0.05, 0) is 17.7 Å². The number of rotatable bonds is 9. The third kappa shape index (κ3) is 6.23. The Morgan fingerprint density at radius 1 is 1.30 bits per heavy atom. The smallest absolute Gasteiger partial charge is 0.308 e. The Labute approximate surface area is 124 Å². The van der Waals surface area contributed by atoms with E-state index in [0.717, 1.165) is 12.1 Å². The highest BCUT2D eigenvalue weighted by molar-refractivity contribution is 6.32. The molecule has 1 aromatic carbocycles. The number of carbonyl (C=O) groups excluding carboxylic acids is 1. The minimum atomic E-state index is -0.305. The topological polar surface area (TPSA) is 56.8 Å². The number of hydrogen-bond donors (Lipinski definition) is 1. The number of esters is 1. The average Bonchev–Trinajstić information content (AvgIpc) is 2.45. The van der Waals surface area contributed by atoms with Gasteiger partial charge in [0.1, 0.15) is 5.75 Å². The van der Waals surface area contributed by atoms with Gasteiger partial charge in [0.25, 0.3) is 0 Å². The van der Waals surface area contributed by atoms with E-state index < -0.39 is 0 Å². The van der Waals surface area contributed by atoms with E-state index in [-0.39, 0.29) is 19.0 Å². The van der Waals surface area contributed by atoms with Gasteiger partial charge in [0.15, 0.2) is 0 Å². The zero-order valence-electron chi connectivity index (χ0n) is 11.8. The molecule has 20 heavy (non-hydrogen) atoms. The zero-order chi connectivity index (χ0) is 14.8. The molecule has 0 aromatic heterocycles. The monoisotopic (exact) mass is 301 g/mol. The molecule has 1 aromatic rings. The van der Waals surface area contributed by atoms with Crippen molar-refractivity contribution < 1.29 is 19.0 Å². The first-order valence-electron chi connectivity index (χ1n) is 6.35. The number of hydrogen-bond acceptors (Lipinski definition) is 5. The zero-order valence-corrected chi connectivity index (χ0v) is 12.5. The molecule has 0 spiro atoms. The molecule has 0 unspecified atom stereocenters. The van der Waals surface area contributed by atoms with Crippen LogP contribution in [-0.4, -0.2) is 39.9 Å². The van der Waals surface area contributed by atoms with Crippen LogP contribution in [0.3, 0.4) is 0 Å². The first-order valence-corrected chi connectivity index (χ1v) is 6.73. The standard InChI is InChI=1S/C14H20ClNO4/c1-18-8-6-16-10-11-3-4-13(12(15)9-11)20-7-5-14(17)19-2/h3-4,9,16H,5-8,10H2,1-2H3. The first kappa shape index (κ1) is 16.8. The minimum absolute atomic E-state index is 0.202. The summed E-state index contributed by atoms with van der Waals surface area (Å²) in [7, 11) is 3.01. The summed E-state index contributed by atoms with van der Waals surface area (Å²) in [4.78, 5) is 11.0. The van der Waals surface area contributed by atoms with Gasteiger partial charge in [0.2, 0.25) is 0 Å². The van der Waals surface area contributed by atoms with Crippen LogP contribution in [0.1, 0.15) is 12.0 Å². The molecule has 0 heterocycles. The molecule has 0 atom stereocenters. The molecule has 1 N–H and O–H groups in total. The lowest BCUT2D eigenvalue weighted by atomic mass is 10.2. The van der Waals surface area contributed by atoms with Crippen LogP contribution < -0.4 is 10.1 Å². The number of nitrogens with one attached hydrogen (secondary N) is 1. The van der Waals surface area contributed by atoms with Gasteiger partial charge in [-0.15, -0.1) is 0 Å². The fraction of sp³-hybridized carbons (Fsp3) is 0.500. The van der Waals surface area contributed by atoms with E-state index >= 15 is 0 Å². The van der Waals surface area contributed by atoms with Crippen LogP contribution in [0.2, 0.25) is 5.02 Å². The van der Waals surface area contributed by atoms with Crippen LogP contribution in [0.25, 0.3) is 0 Å². The van der Waals surface area contributed by atoms with E-state index in [1.807, 2.05) is 12.1 Å². The number of halogens is 1. The number of methoxy groups -OCH3 is 2. The fourth-order valence-corrected chi connectivity index (χ4v) is 1.78. The SMILES string of the molecule is COCCNCc1ccc(OCCC(=O)OC)c(Cl)c1. The molecule has 0 bridgehead atoms. The second kappa shape index (κ2) is 9.58. The van der Waals surface area contributed by atoms with Crippen LogP contribution in [0.15, 0.2) is 18.2 Å². The van der Waals surface area contributed by atoms with Gasteiger partial charge in [0, 0.05) is 20.2 Å². The lowest BCUT2D eigenvalue weighted by Crippen LogP contribution is -2.18. The summed E-state index contributed by atoms with van der Waals surface area (Å²) in [6.45, 7) is 2.41. The molecule has 0 amide bonds. The van der Waals surface area contributed by atoms with Gasteiger partial charge in [-0.1, -0.05) is 17.7 Å². The largest absolute Gasteiger partial charge is 0.491 e. The molecule has 112 valence electrons. The summed E-state index contributed by atoms with van der Waals surface area (Å²) >= 11 is 6.13. The summed E-state index contributed by atoms with van der Waals surface area (Å²) in [6.07, 6.45) is 0.202. The quantitative estimate of drug-likeness (QED) is 0.558. The predicted molar refractivity (Wildman–Crippen MR) is 77.2 cm³/mol. The third-order valence-corrected chi connectivity index (χ3v) is 2.90. The summed E-state index contributed by atoms with van der Waals surface area (Å²) in [5, 5.41) is 3.76. The van der Waals surface area contributed by atoms with Gasteiger partial charge < -0.3 is 19.5 Å². The van der Waals surface area contributed by atoms with E-state index in [1.165, 1.54) is 7.11 Å². The normalized spacial score (nSPS) is 10.3. The Hall–Kier alpha value is -1.30. The molecule has 0 aliphatic rings. The van der Waals surface area contributed by atoms with Crippen molar-refractivity contribution in [3.05, 3.63) is 28.8 Å². The van der Waals surface area contributed by atoms with Gasteiger partial charge in [-0.25, -0.2) is 0 Å². The summed E-state index contributed by atoms with van der Waals surface area (Å²) in [6, 6.07) is 5.57. The van der Waals surface area contributed by atoms with Crippen molar-refractivity contribution in [3.63, 3.8) is 0 Å². The van der Waals surface area contributed by atoms with E-state index in [4.69, 9.17) is 21.1 Å². The van der Waals surface area contributed by atoms with E-state index in [2.05, 4.69) is 10.1 Å². The molecule has 0 aliphatic carbocycles. The van der Waals surface area contributed by atoms with Crippen molar-refractivity contribution in [1.82, 2.24) is 5.32 Å². The molecule has 5 nitrogen and oxygen atoms in total. The number of ether oxygens (including phenoxy) is 3. The Balaban J connectivity index is 2.40. The van der Waals surface area contributed by atoms with Gasteiger partial charge in [-0.3, -0.25) is 4.79 Å². The Morgan fingerprint density at radius 2 is 2.10 bits per heavy atom. The van der Waals surface area contributed by atoms with Crippen molar-refractivity contribution in [2.45, 2.75) is 13.0 Å². The first-order chi connectivity index (χ1) is 9.67. The fourth-order valence-electron chi connectivity index (χ4n) is 1.52. The number of benzene rings is 1. The van der Waals surface area contributed by atoms with Crippen molar-refractivity contribution in [2.24, 2.45) is 0 Å². The summed E-state index contributed by atoms with van der Waals surface area (Å²) in [5.41, 5.74) is 1.06. The van der Waals surface area contributed by atoms with Crippen LogP contribution in [0.4, 0.5) is 0 Å². The highest BCUT2D eigenvalue weighted by atomic mass is 35.5. The van der Waals surface area contributed by atoms with Crippen molar-refractivity contribution >= 4 is 17.6 Å². The maximum absolute atomic E-state index is 11.0. The molecule has 1 rings (SSSR count). The Bertz CT molecular complexity index is 426. The highest BCUT2D eigenvalue weighted by Gasteiger charge is 2.05. The van der Waals surface area contributed by atoms with Crippen LogP contribution in [0, 0.1) is 0 Å². The lowest BCUT2D eigenvalue weighted by molar-refractivity contribution is -0.141. The van der Waals surface area contributed by atoms with E-state index in [1.54, 1.807) is 13.2 Å².